The van der Waals surface area contributed by atoms with Crippen LogP contribution in [0, 0.1) is 0 Å². The van der Waals surface area contributed by atoms with E-state index in [1.807, 2.05) is 0 Å². The van der Waals surface area contributed by atoms with Crippen LogP contribution in [0.4, 0.5) is 5.69 Å². The molecule has 0 spiro atoms. The summed E-state index contributed by atoms with van der Waals surface area (Å²) in [4.78, 5) is 35.3. The van der Waals surface area contributed by atoms with Gasteiger partial charge in [0.25, 0.3) is 5.91 Å². The number of amides is 1. The topological polar surface area (TPSA) is 100 Å². The smallest absolute Gasteiger partial charge is 0.344 e. The van der Waals surface area contributed by atoms with Crippen LogP contribution in [-0.2, 0) is 14.3 Å². The SMILES string of the molecule is CCC(=O)c1ccc(OCC(=O)OCC(=O)Nc2cc(OC)cc(OC)c2)cc1. The minimum absolute atomic E-state index is 0.0237. The highest BCUT2D eigenvalue weighted by Crippen LogP contribution is 2.25. The molecule has 29 heavy (non-hydrogen) atoms. The Labute approximate surface area is 168 Å². The van der Waals surface area contributed by atoms with Crippen molar-refractivity contribution < 1.29 is 33.3 Å². The number of anilines is 1. The summed E-state index contributed by atoms with van der Waals surface area (Å²) in [7, 11) is 2.99. The van der Waals surface area contributed by atoms with Gasteiger partial charge in [-0.15, -0.1) is 0 Å². The average molecular weight is 401 g/mol. The van der Waals surface area contributed by atoms with Gasteiger partial charge in [0.2, 0.25) is 0 Å². The van der Waals surface area contributed by atoms with Crippen LogP contribution in [0.2, 0.25) is 0 Å². The maximum Gasteiger partial charge on any atom is 0.344 e. The molecule has 1 amide bonds. The second-order valence-corrected chi connectivity index (χ2v) is 5.90. The molecule has 0 atom stereocenters. The zero-order valence-electron chi connectivity index (χ0n) is 16.5. The molecular formula is C21H23NO7. The lowest BCUT2D eigenvalue weighted by Gasteiger charge is -2.10. The number of ether oxygens (including phenoxy) is 4. The maximum atomic E-state index is 12.0. The van der Waals surface area contributed by atoms with Crippen molar-refractivity contribution >= 4 is 23.3 Å². The number of ketones is 1. The highest BCUT2D eigenvalue weighted by Gasteiger charge is 2.11. The van der Waals surface area contributed by atoms with Gasteiger partial charge in [-0.25, -0.2) is 4.79 Å². The zero-order chi connectivity index (χ0) is 21.2. The Morgan fingerprint density at radius 3 is 2.03 bits per heavy atom. The number of nitrogens with one attached hydrogen (secondary N) is 1. The number of benzene rings is 2. The summed E-state index contributed by atoms with van der Waals surface area (Å²) in [5.41, 5.74) is 1.02. The van der Waals surface area contributed by atoms with Gasteiger partial charge in [0, 0.05) is 35.9 Å². The fraction of sp³-hybridized carbons (Fsp3) is 0.286. The third-order valence-corrected chi connectivity index (χ3v) is 3.85. The zero-order valence-corrected chi connectivity index (χ0v) is 16.5. The molecule has 0 unspecified atom stereocenters. The molecule has 0 heterocycles. The predicted octanol–water partition coefficient (Wildman–Crippen LogP) is 2.86. The first-order valence-electron chi connectivity index (χ1n) is 8.89. The normalized spacial score (nSPS) is 10.0. The third kappa shape index (κ3) is 6.84. The molecule has 0 aromatic heterocycles. The van der Waals surface area contributed by atoms with Gasteiger partial charge in [-0.2, -0.15) is 0 Å². The lowest BCUT2D eigenvalue weighted by molar-refractivity contribution is -0.149. The van der Waals surface area contributed by atoms with E-state index in [0.717, 1.165) is 0 Å². The van der Waals surface area contributed by atoms with Crippen molar-refractivity contribution in [3.63, 3.8) is 0 Å². The molecule has 0 saturated carbocycles. The molecule has 8 heteroatoms. The minimum atomic E-state index is -0.697. The second kappa shape index (κ2) is 10.7. The number of Topliss-reactive ketones (excluding diaryl/α,β-unsaturated/α-hetero) is 1. The molecule has 154 valence electrons. The first-order chi connectivity index (χ1) is 13.9. The van der Waals surface area contributed by atoms with Gasteiger partial charge in [-0.05, 0) is 24.3 Å². The van der Waals surface area contributed by atoms with E-state index < -0.39 is 18.5 Å². The Bertz CT molecular complexity index is 840. The molecule has 2 aromatic carbocycles. The first-order valence-corrected chi connectivity index (χ1v) is 8.89. The van der Waals surface area contributed by atoms with E-state index in [1.165, 1.54) is 14.2 Å². The van der Waals surface area contributed by atoms with E-state index in [4.69, 9.17) is 18.9 Å². The summed E-state index contributed by atoms with van der Waals surface area (Å²) in [6, 6.07) is 11.3. The minimum Gasteiger partial charge on any atom is -0.497 e. The number of esters is 1. The van der Waals surface area contributed by atoms with Crippen LogP contribution in [0.15, 0.2) is 42.5 Å². The molecule has 0 aliphatic carbocycles. The molecule has 2 rings (SSSR count). The van der Waals surface area contributed by atoms with Gasteiger partial charge in [0.05, 0.1) is 14.2 Å². The van der Waals surface area contributed by atoms with E-state index >= 15 is 0 Å². The molecule has 8 nitrogen and oxygen atoms in total. The molecule has 0 bridgehead atoms. The molecule has 1 N–H and O–H groups in total. The number of carbonyl (C=O) groups excluding carboxylic acids is 3. The van der Waals surface area contributed by atoms with Gasteiger partial charge in [0.15, 0.2) is 19.0 Å². The summed E-state index contributed by atoms with van der Waals surface area (Å²) in [6.07, 6.45) is 0.414. The molecule has 0 saturated heterocycles. The van der Waals surface area contributed by atoms with Gasteiger partial charge >= 0.3 is 5.97 Å². The van der Waals surface area contributed by atoms with Crippen molar-refractivity contribution in [1.82, 2.24) is 0 Å². The van der Waals surface area contributed by atoms with Crippen LogP contribution < -0.4 is 19.5 Å². The third-order valence-electron chi connectivity index (χ3n) is 3.85. The average Bonchev–Trinajstić information content (AvgIpc) is 2.75. The van der Waals surface area contributed by atoms with Crippen molar-refractivity contribution in [2.24, 2.45) is 0 Å². The highest BCUT2D eigenvalue weighted by atomic mass is 16.6. The van der Waals surface area contributed by atoms with E-state index in [9.17, 15) is 14.4 Å². The quantitative estimate of drug-likeness (QED) is 0.483. The van der Waals surface area contributed by atoms with Crippen LogP contribution in [0.5, 0.6) is 17.2 Å². The Balaban J connectivity index is 1.78. The standard InChI is InChI=1S/C21H23NO7/c1-4-19(23)14-5-7-16(8-6-14)28-13-21(25)29-12-20(24)22-15-9-17(26-2)11-18(10-15)27-3/h5-11H,4,12-13H2,1-3H3,(H,22,24). The molecule has 0 fully saturated rings. The lowest BCUT2D eigenvalue weighted by Crippen LogP contribution is -2.23. The van der Waals surface area contributed by atoms with E-state index in [-0.39, 0.29) is 12.4 Å². The molecule has 0 radical (unpaired) electrons. The summed E-state index contributed by atoms with van der Waals surface area (Å²) in [5, 5.41) is 2.59. The van der Waals surface area contributed by atoms with Crippen molar-refractivity contribution in [3.05, 3.63) is 48.0 Å². The Hall–Kier alpha value is -3.55. The second-order valence-electron chi connectivity index (χ2n) is 5.90. The summed E-state index contributed by atoms with van der Waals surface area (Å²) in [5.74, 6) is 0.250. The van der Waals surface area contributed by atoms with Gasteiger partial charge < -0.3 is 24.3 Å². The van der Waals surface area contributed by atoms with Gasteiger partial charge in [0.1, 0.15) is 17.2 Å². The molecule has 0 aliphatic heterocycles. The van der Waals surface area contributed by atoms with E-state index in [2.05, 4.69) is 5.32 Å². The fourth-order valence-electron chi connectivity index (χ4n) is 2.35. The molecule has 0 aliphatic rings. The van der Waals surface area contributed by atoms with Crippen molar-refractivity contribution in [2.75, 3.05) is 32.8 Å². The number of hydrogen-bond donors (Lipinski definition) is 1. The Morgan fingerprint density at radius 2 is 1.48 bits per heavy atom. The van der Waals surface area contributed by atoms with Crippen LogP contribution in [0.3, 0.4) is 0 Å². The van der Waals surface area contributed by atoms with Crippen molar-refractivity contribution in [2.45, 2.75) is 13.3 Å². The summed E-state index contributed by atoms with van der Waals surface area (Å²) in [6.45, 7) is 0.955. The monoisotopic (exact) mass is 401 g/mol. The Morgan fingerprint density at radius 1 is 0.862 bits per heavy atom. The largest absolute Gasteiger partial charge is 0.497 e. The first kappa shape index (κ1) is 21.7. The highest BCUT2D eigenvalue weighted by molar-refractivity contribution is 5.96. The number of methoxy groups -OCH3 is 2. The lowest BCUT2D eigenvalue weighted by atomic mass is 10.1. The summed E-state index contributed by atoms with van der Waals surface area (Å²) < 4.78 is 20.4. The fourth-order valence-corrected chi connectivity index (χ4v) is 2.35. The van der Waals surface area contributed by atoms with E-state index in [1.54, 1.807) is 49.4 Å². The predicted molar refractivity (Wildman–Crippen MR) is 106 cm³/mol. The number of rotatable bonds is 10. The molecular weight excluding hydrogens is 378 g/mol. The van der Waals surface area contributed by atoms with Gasteiger partial charge in [-0.1, -0.05) is 6.92 Å². The van der Waals surface area contributed by atoms with Crippen molar-refractivity contribution in [1.29, 1.82) is 0 Å². The van der Waals surface area contributed by atoms with E-state index in [0.29, 0.717) is 34.9 Å². The Kier molecular flexibility index (Phi) is 8.02. The van der Waals surface area contributed by atoms with Crippen LogP contribution >= 0.6 is 0 Å². The molecule has 2 aromatic rings. The van der Waals surface area contributed by atoms with Crippen LogP contribution in [0.25, 0.3) is 0 Å². The van der Waals surface area contributed by atoms with Crippen molar-refractivity contribution in [3.8, 4) is 17.2 Å². The van der Waals surface area contributed by atoms with Crippen LogP contribution in [0.1, 0.15) is 23.7 Å². The maximum absolute atomic E-state index is 12.0. The summed E-state index contributed by atoms with van der Waals surface area (Å²) >= 11 is 0. The number of carbonyl (C=O) groups is 3. The number of hydrogen-bond acceptors (Lipinski definition) is 7. The van der Waals surface area contributed by atoms with Gasteiger partial charge in [-0.3, -0.25) is 9.59 Å². The van der Waals surface area contributed by atoms with Crippen LogP contribution in [-0.4, -0.2) is 45.1 Å².